The van der Waals surface area contributed by atoms with Crippen LogP contribution in [0.2, 0.25) is 5.02 Å². The maximum absolute atomic E-state index is 5.90. The summed E-state index contributed by atoms with van der Waals surface area (Å²) in [6.07, 6.45) is 2.93. The van der Waals surface area contributed by atoms with Crippen molar-refractivity contribution >= 4 is 28.6 Å². The maximum Gasteiger partial charge on any atom is 0.0925 e. The summed E-state index contributed by atoms with van der Waals surface area (Å²) in [7, 11) is 0. The van der Waals surface area contributed by atoms with Crippen LogP contribution in [0.15, 0.2) is 30.5 Å². The normalized spacial score (nSPS) is 10.4. The van der Waals surface area contributed by atoms with Crippen molar-refractivity contribution in [2.75, 3.05) is 5.32 Å². The lowest BCUT2D eigenvalue weighted by atomic mass is 10.3. The Labute approximate surface area is 104 Å². The number of aryl methyl sites for hydroxylation is 1. The Balaban J connectivity index is 1.96. The van der Waals surface area contributed by atoms with Gasteiger partial charge in [0.2, 0.25) is 0 Å². The third-order valence-electron chi connectivity index (χ3n) is 2.20. The van der Waals surface area contributed by atoms with E-state index in [1.165, 1.54) is 9.88 Å². The first-order valence-corrected chi connectivity index (χ1v) is 6.40. The first-order chi connectivity index (χ1) is 7.78. The van der Waals surface area contributed by atoms with Gasteiger partial charge < -0.3 is 5.32 Å². The van der Waals surface area contributed by atoms with Gasteiger partial charge in [-0.1, -0.05) is 24.6 Å². The first kappa shape index (κ1) is 11.4. The first-order valence-electron chi connectivity index (χ1n) is 5.21. The molecule has 2 aromatic rings. The highest BCUT2D eigenvalue weighted by Gasteiger charge is 2.00. The quantitative estimate of drug-likeness (QED) is 0.891. The summed E-state index contributed by atoms with van der Waals surface area (Å²) in [5.41, 5.74) is 1.04. The van der Waals surface area contributed by atoms with Crippen LogP contribution in [0.1, 0.15) is 16.8 Å². The highest BCUT2D eigenvalue weighted by atomic mass is 35.5. The summed E-state index contributed by atoms with van der Waals surface area (Å²) in [5.74, 6) is 0. The van der Waals surface area contributed by atoms with Crippen LogP contribution in [0, 0.1) is 0 Å². The van der Waals surface area contributed by atoms with E-state index in [0.717, 1.165) is 23.7 Å². The van der Waals surface area contributed by atoms with E-state index in [1.54, 1.807) is 11.3 Å². The number of nitrogens with one attached hydrogen (secondary N) is 1. The Morgan fingerprint density at radius 2 is 2.31 bits per heavy atom. The van der Waals surface area contributed by atoms with Gasteiger partial charge in [-0.25, -0.2) is 4.98 Å². The number of hydrogen-bond acceptors (Lipinski definition) is 3. The van der Waals surface area contributed by atoms with Crippen LogP contribution < -0.4 is 5.32 Å². The number of benzene rings is 1. The number of rotatable bonds is 4. The van der Waals surface area contributed by atoms with E-state index in [-0.39, 0.29) is 0 Å². The molecular formula is C12H13ClN2S. The molecule has 2 rings (SSSR count). The molecule has 0 bridgehead atoms. The zero-order valence-corrected chi connectivity index (χ0v) is 10.6. The molecule has 1 N–H and O–H groups in total. The van der Waals surface area contributed by atoms with Gasteiger partial charge in [-0.3, -0.25) is 0 Å². The van der Waals surface area contributed by atoms with Crippen LogP contribution in [-0.4, -0.2) is 4.98 Å². The van der Waals surface area contributed by atoms with Crippen LogP contribution in [0.5, 0.6) is 0 Å². The van der Waals surface area contributed by atoms with Gasteiger partial charge in [0.25, 0.3) is 0 Å². The Kier molecular flexibility index (Phi) is 3.80. The summed E-state index contributed by atoms with van der Waals surface area (Å²) < 4.78 is 0. The molecule has 1 aromatic heterocycles. The summed E-state index contributed by atoms with van der Waals surface area (Å²) in [5, 5.41) is 5.26. The highest BCUT2D eigenvalue weighted by Crippen LogP contribution is 2.18. The molecular weight excluding hydrogens is 240 g/mol. The summed E-state index contributed by atoms with van der Waals surface area (Å²) >= 11 is 7.65. The van der Waals surface area contributed by atoms with Gasteiger partial charge in [-0.05, 0) is 24.6 Å². The third kappa shape index (κ3) is 2.97. The lowest BCUT2D eigenvalue weighted by Gasteiger charge is -2.04. The summed E-state index contributed by atoms with van der Waals surface area (Å²) in [6, 6.07) is 7.74. The molecule has 0 fully saturated rings. The van der Waals surface area contributed by atoms with E-state index in [9.17, 15) is 0 Å². The molecule has 2 nitrogen and oxygen atoms in total. The molecule has 1 aromatic carbocycles. The SMILES string of the molecule is CCc1ncc(CNc2cccc(Cl)c2)s1. The molecule has 0 aliphatic rings. The van der Waals surface area contributed by atoms with Crippen molar-refractivity contribution in [2.45, 2.75) is 19.9 Å². The maximum atomic E-state index is 5.90. The van der Waals surface area contributed by atoms with E-state index >= 15 is 0 Å². The summed E-state index contributed by atoms with van der Waals surface area (Å²) in [6.45, 7) is 2.92. The largest absolute Gasteiger partial charge is 0.380 e. The van der Waals surface area contributed by atoms with Crippen LogP contribution in [0.25, 0.3) is 0 Å². The number of aromatic nitrogens is 1. The standard InChI is InChI=1S/C12H13ClN2S/c1-2-12-15-8-11(16-12)7-14-10-5-3-4-9(13)6-10/h3-6,8,14H,2,7H2,1H3. The van der Waals surface area contributed by atoms with Crippen molar-refractivity contribution in [3.63, 3.8) is 0 Å². The molecule has 0 saturated heterocycles. The van der Waals surface area contributed by atoms with Crippen molar-refractivity contribution < 1.29 is 0 Å². The zero-order chi connectivity index (χ0) is 11.4. The second-order valence-electron chi connectivity index (χ2n) is 3.44. The van der Waals surface area contributed by atoms with E-state index in [1.807, 2.05) is 30.5 Å². The fraction of sp³-hybridized carbons (Fsp3) is 0.250. The van der Waals surface area contributed by atoms with E-state index < -0.39 is 0 Å². The van der Waals surface area contributed by atoms with Crippen LogP contribution >= 0.6 is 22.9 Å². The predicted molar refractivity (Wildman–Crippen MR) is 70.3 cm³/mol. The van der Waals surface area contributed by atoms with Crippen LogP contribution in [0.3, 0.4) is 0 Å². The molecule has 0 amide bonds. The average Bonchev–Trinajstić information content (AvgIpc) is 2.74. The minimum absolute atomic E-state index is 0.753. The van der Waals surface area contributed by atoms with Gasteiger partial charge in [-0.2, -0.15) is 0 Å². The monoisotopic (exact) mass is 252 g/mol. The molecule has 16 heavy (non-hydrogen) atoms. The van der Waals surface area contributed by atoms with E-state index in [2.05, 4.69) is 17.2 Å². The Morgan fingerprint density at radius 3 is 3.00 bits per heavy atom. The molecule has 0 spiro atoms. The number of anilines is 1. The van der Waals surface area contributed by atoms with Crippen LogP contribution in [-0.2, 0) is 13.0 Å². The second kappa shape index (κ2) is 5.32. The molecule has 0 atom stereocenters. The zero-order valence-electron chi connectivity index (χ0n) is 9.03. The molecule has 0 aliphatic carbocycles. The minimum Gasteiger partial charge on any atom is -0.380 e. The Hall–Kier alpha value is -1.06. The van der Waals surface area contributed by atoms with Crippen molar-refractivity contribution in [3.05, 3.63) is 45.4 Å². The molecule has 0 unspecified atom stereocenters. The van der Waals surface area contributed by atoms with E-state index in [0.29, 0.717) is 0 Å². The summed E-state index contributed by atoms with van der Waals surface area (Å²) in [4.78, 5) is 5.56. The number of hydrogen-bond donors (Lipinski definition) is 1. The minimum atomic E-state index is 0.753. The third-order valence-corrected chi connectivity index (χ3v) is 3.57. The molecule has 0 saturated carbocycles. The fourth-order valence-electron chi connectivity index (χ4n) is 1.38. The van der Waals surface area contributed by atoms with Crippen LogP contribution in [0.4, 0.5) is 5.69 Å². The Morgan fingerprint density at radius 1 is 1.44 bits per heavy atom. The Bertz CT molecular complexity index is 468. The van der Waals surface area contributed by atoms with Gasteiger partial charge in [0.1, 0.15) is 0 Å². The topological polar surface area (TPSA) is 24.9 Å². The second-order valence-corrected chi connectivity index (χ2v) is 5.07. The van der Waals surface area contributed by atoms with Crippen molar-refractivity contribution in [2.24, 2.45) is 0 Å². The molecule has 4 heteroatoms. The molecule has 84 valence electrons. The number of nitrogens with zero attached hydrogens (tertiary/aromatic N) is 1. The smallest absolute Gasteiger partial charge is 0.0925 e. The van der Waals surface area contributed by atoms with Crippen molar-refractivity contribution in [1.29, 1.82) is 0 Å². The average molecular weight is 253 g/mol. The highest BCUT2D eigenvalue weighted by molar-refractivity contribution is 7.11. The van der Waals surface area contributed by atoms with Gasteiger partial charge in [0.05, 0.1) is 11.6 Å². The molecule has 1 heterocycles. The molecule has 0 radical (unpaired) electrons. The van der Waals surface area contributed by atoms with Crippen molar-refractivity contribution in [3.8, 4) is 0 Å². The molecule has 0 aliphatic heterocycles. The van der Waals surface area contributed by atoms with Crippen molar-refractivity contribution in [1.82, 2.24) is 4.98 Å². The van der Waals surface area contributed by atoms with E-state index in [4.69, 9.17) is 11.6 Å². The number of thiazole rings is 1. The van der Waals surface area contributed by atoms with Gasteiger partial charge in [-0.15, -0.1) is 11.3 Å². The fourth-order valence-corrected chi connectivity index (χ4v) is 2.37. The predicted octanol–water partition coefficient (Wildman–Crippen LogP) is 3.97. The lowest BCUT2D eigenvalue weighted by molar-refractivity contribution is 1.09. The lowest BCUT2D eigenvalue weighted by Crippen LogP contribution is -1.96. The van der Waals surface area contributed by atoms with Gasteiger partial charge >= 0.3 is 0 Å². The van der Waals surface area contributed by atoms with Gasteiger partial charge in [0, 0.05) is 21.8 Å². The van der Waals surface area contributed by atoms with Gasteiger partial charge in [0.15, 0.2) is 0 Å². The number of halogens is 1.